The van der Waals surface area contributed by atoms with Crippen molar-refractivity contribution in [3.05, 3.63) is 35.4 Å². The Morgan fingerprint density at radius 2 is 2.11 bits per heavy atom. The van der Waals surface area contributed by atoms with E-state index in [1.165, 1.54) is 6.07 Å². The van der Waals surface area contributed by atoms with Crippen molar-refractivity contribution in [1.29, 1.82) is 0 Å². The van der Waals surface area contributed by atoms with E-state index in [1.54, 1.807) is 4.90 Å². The zero-order valence-electron chi connectivity index (χ0n) is 10.0. The molecule has 1 saturated carbocycles. The quantitative estimate of drug-likeness (QED) is 0.864. The molecule has 18 heavy (non-hydrogen) atoms. The van der Waals surface area contributed by atoms with Crippen LogP contribution < -0.4 is 5.73 Å². The molecule has 1 amide bonds. The lowest BCUT2D eigenvalue weighted by Gasteiger charge is -2.21. The normalized spacial score (nSPS) is 14.6. The first-order chi connectivity index (χ1) is 8.61. The van der Waals surface area contributed by atoms with Crippen LogP contribution in [-0.2, 0) is 11.2 Å². The number of halogens is 2. The molecule has 2 N–H and O–H groups in total. The summed E-state index contributed by atoms with van der Waals surface area (Å²) in [6.07, 6.45) is 1.93. The molecule has 0 heterocycles. The molecule has 0 aromatic heterocycles. The molecule has 0 atom stereocenters. The number of hydrogen-bond donors (Lipinski definition) is 1. The second-order valence-corrected chi connectivity index (χ2v) is 4.52. The summed E-state index contributed by atoms with van der Waals surface area (Å²) >= 11 is 0. The van der Waals surface area contributed by atoms with Gasteiger partial charge in [-0.15, -0.1) is 0 Å². The summed E-state index contributed by atoms with van der Waals surface area (Å²) in [6, 6.07) is 3.53. The molecule has 0 bridgehead atoms. The standard InChI is InChI=1S/C13H16F2N2O/c14-10-2-1-9(12(15)8-10)7-13(18)17(6-5-16)11-3-4-11/h1-2,8,11H,3-7,16H2. The van der Waals surface area contributed by atoms with Crippen molar-refractivity contribution < 1.29 is 13.6 Å². The van der Waals surface area contributed by atoms with E-state index in [-0.39, 0.29) is 23.9 Å². The average Bonchev–Trinajstić information content (AvgIpc) is 3.13. The van der Waals surface area contributed by atoms with E-state index in [1.807, 2.05) is 0 Å². The van der Waals surface area contributed by atoms with Crippen LogP contribution in [-0.4, -0.2) is 29.9 Å². The number of nitrogens with zero attached hydrogens (tertiary/aromatic N) is 1. The fourth-order valence-electron chi connectivity index (χ4n) is 1.97. The number of nitrogens with two attached hydrogens (primary N) is 1. The highest BCUT2D eigenvalue weighted by atomic mass is 19.1. The predicted molar refractivity (Wildman–Crippen MR) is 63.9 cm³/mol. The molecule has 1 aromatic rings. The Morgan fingerprint density at radius 1 is 1.39 bits per heavy atom. The van der Waals surface area contributed by atoms with Crippen molar-refractivity contribution in [3.63, 3.8) is 0 Å². The van der Waals surface area contributed by atoms with Crippen LogP contribution in [0.4, 0.5) is 8.78 Å². The maximum Gasteiger partial charge on any atom is 0.227 e. The fraction of sp³-hybridized carbons (Fsp3) is 0.462. The summed E-state index contributed by atoms with van der Waals surface area (Å²) in [7, 11) is 0. The number of carbonyl (C=O) groups is 1. The predicted octanol–water partition coefficient (Wildman–Crippen LogP) is 1.46. The maximum atomic E-state index is 13.4. The third-order valence-corrected chi connectivity index (χ3v) is 3.03. The molecule has 1 aromatic carbocycles. The highest BCUT2D eigenvalue weighted by molar-refractivity contribution is 5.79. The van der Waals surface area contributed by atoms with Gasteiger partial charge in [0.25, 0.3) is 0 Å². The first-order valence-corrected chi connectivity index (χ1v) is 6.05. The molecule has 5 heteroatoms. The van der Waals surface area contributed by atoms with Gasteiger partial charge >= 0.3 is 0 Å². The van der Waals surface area contributed by atoms with Crippen molar-refractivity contribution in [3.8, 4) is 0 Å². The Balaban J connectivity index is 2.05. The monoisotopic (exact) mass is 254 g/mol. The molecule has 1 aliphatic carbocycles. The van der Waals surface area contributed by atoms with E-state index in [9.17, 15) is 13.6 Å². The lowest BCUT2D eigenvalue weighted by Crippen LogP contribution is -2.38. The van der Waals surface area contributed by atoms with Gasteiger partial charge in [-0.05, 0) is 24.5 Å². The minimum Gasteiger partial charge on any atom is -0.338 e. The second-order valence-electron chi connectivity index (χ2n) is 4.52. The van der Waals surface area contributed by atoms with Gasteiger partial charge in [0.1, 0.15) is 11.6 Å². The summed E-state index contributed by atoms with van der Waals surface area (Å²) in [5.41, 5.74) is 5.68. The van der Waals surface area contributed by atoms with E-state index in [0.717, 1.165) is 25.0 Å². The Bertz CT molecular complexity index is 447. The Hall–Kier alpha value is -1.49. The topological polar surface area (TPSA) is 46.3 Å². The molecule has 1 fully saturated rings. The van der Waals surface area contributed by atoms with Crippen molar-refractivity contribution in [2.45, 2.75) is 25.3 Å². The van der Waals surface area contributed by atoms with E-state index < -0.39 is 11.6 Å². The summed E-state index contributed by atoms with van der Waals surface area (Å²) in [5, 5.41) is 0. The Labute approximate surface area is 105 Å². The van der Waals surface area contributed by atoms with Crippen molar-refractivity contribution in [2.75, 3.05) is 13.1 Å². The smallest absolute Gasteiger partial charge is 0.227 e. The van der Waals surface area contributed by atoms with Gasteiger partial charge in [-0.3, -0.25) is 4.79 Å². The number of benzene rings is 1. The Kier molecular flexibility index (Phi) is 3.91. The third-order valence-electron chi connectivity index (χ3n) is 3.03. The molecule has 1 aliphatic rings. The van der Waals surface area contributed by atoms with Gasteiger partial charge in [0.2, 0.25) is 5.91 Å². The van der Waals surface area contributed by atoms with Crippen LogP contribution in [0.15, 0.2) is 18.2 Å². The van der Waals surface area contributed by atoms with Crippen LogP contribution in [0.5, 0.6) is 0 Å². The molecule has 3 nitrogen and oxygen atoms in total. The molecular weight excluding hydrogens is 238 g/mol. The fourth-order valence-corrected chi connectivity index (χ4v) is 1.97. The molecule has 0 saturated heterocycles. The molecule has 0 spiro atoms. The minimum atomic E-state index is -0.674. The maximum absolute atomic E-state index is 13.4. The zero-order valence-corrected chi connectivity index (χ0v) is 10.0. The SMILES string of the molecule is NCCN(C(=O)Cc1ccc(F)cc1F)C1CC1. The lowest BCUT2D eigenvalue weighted by molar-refractivity contribution is -0.131. The van der Waals surface area contributed by atoms with E-state index in [4.69, 9.17) is 5.73 Å². The minimum absolute atomic E-state index is 0.0391. The third kappa shape index (κ3) is 3.04. The van der Waals surface area contributed by atoms with E-state index >= 15 is 0 Å². The van der Waals surface area contributed by atoms with Crippen molar-refractivity contribution in [2.24, 2.45) is 5.73 Å². The van der Waals surface area contributed by atoms with Gasteiger partial charge in [-0.1, -0.05) is 6.07 Å². The molecule has 0 radical (unpaired) electrons. The van der Waals surface area contributed by atoms with Gasteiger partial charge in [0, 0.05) is 25.2 Å². The molecule has 2 rings (SSSR count). The molecule has 98 valence electrons. The molecule has 0 unspecified atom stereocenters. The second kappa shape index (κ2) is 5.44. The van der Waals surface area contributed by atoms with Gasteiger partial charge in [-0.2, -0.15) is 0 Å². The summed E-state index contributed by atoms with van der Waals surface area (Å²) in [4.78, 5) is 13.7. The van der Waals surface area contributed by atoms with Crippen molar-refractivity contribution in [1.82, 2.24) is 4.90 Å². The van der Waals surface area contributed by atoms with Crippen LogP contribution in [0, 0.1) is 11.6 Å². The van der Waals surface area contributed by atoms with Gasteiger partial charge in [0.15, 0.2) is 0 Å². The number of amides is 1. The van der Waals surface area contributed by atoms with Gasteiger partial charge in [0.05, 0.1) is 6.42 Å². The number of carbonyl (C=O) groups excluding carboxylic acids is 1. The summed E-state index contributed by atoms with van der Waals surface area (Å²) < 4.78 is 26.2. The summed E-state index contributed by atoms with van der Waals surface area (Å²) in [5.74, 6) is -1.45. The highest BCUT2D eigenvalue weighted by Gasteiger charge is 2.31. The van der Waals surface area contributed by atoms with Gasteiger partial charge < -0.3 is 10.6 Å². The van der Waals surface area contributed by atoms with Crippen LogP contribution in [0.1, 0.15) is 18.4 Å². The first-order valence-electron chi connectivity index (χ1n) is 6.05. The van der Waals surface area contributed by atoms with Crippen LogP contribution in [0.25, 0.3) is 0 Å². The number of rotatable bonds is 5. The van der Waals surface area contributed by atoms with E-state index in [2.05, 4.69) is 0 Å². The van der Waals surface area contributed by atoms with Crippen molar-refractivity contribution >= 4 is 5.91 Å². The Morgan fingerprint density at radius 3 is 2.67 bits per heavy atom. The first kappa shape index (κ1) is 13.0. The lowest BCUT2D eigenvalue weighted by atomic mass is 10.1. The number of hydrogen-bond acceptors (Lipinski definition) is 2. The van der Waals surface area contributed by atoms with E-state index in [0.29, 0.717) is 13.1 Å². The largest absolute Gasteiger partial charge is 0.338 e. The van der Waals surface area contributed by atoms with Crippen LogP contribution in [0.2, 0.25) is 0 Å². The van der Waals surface area contributed by atoms with Crippen LogP contribution >= 0.6 is 0 Å². The van der Waals surface area contributed by atoms with Gasteiger partial charge in [-0.25, -0.2) is 8.78 Å². The zero-order chi connectivity index (χ0) is 13.1. The van der Waals surface area contributed by atoms with Crippen LogP contribution in [0.3, 0.4) is 0 Å². The average molecular weight is 254 g/mol. The molecule has 0 aliphatic heterocycles. The molecular formula is C13H16F2N2O. The highest BCUT2D eigenvalue weighted by Crippen LogP contribution is 2.27. The summed E-state index contributed by atoms with van der Waals surface area (Å²) in [6.45, 7) is 0.889.